The first-order valence-electron chi connectivity index (χ1n) is 13.7. The molecule has 5 unspecified atom stereocenters. The SMILES string of the molecule is COc1cc(C2CC3C(N2)C(c2cccc(Cl)c2F)C2(C(=O)Nc4cc(Cl)ccc42)N3CC2CC2)ccc1C(=O)O. The number of hydrogen-bond donors (Lipinski definition) is 3. The molecule has 212 valence electrons. The van der Waals surface area contributed by atoms with Gasteiger partial charge in [-0.25, -0.2) is 9.18 Å². The quantitative estimate of drug-likeness (QED) is 0.325. The maximum atomic E-state index is 16.0. The number of carboxylic acids is 1. The zero-order valence-electron chi connectivity index (χ0n) is 22.2. The number of benzene rings is 3. The molecule has 3 aliphatic heterocycles. The summed E-state index contributed by atoms with van der Waals surface area (Å²) in [5, 5.41) is 16.9. The second kappa shape index (κ2) is 9.70. The lowest BCUT2D eigenvalue weighted by molar-refractivity contribution is -0.128. The summed E-state index contributed by atoms with van der Waals surface area (Å²) in [6.45, 7) is 0.699. The third kappa shape index (κ3) is 3.99. The minimum Gasteiger partial charge on any atom is -0.496 e. The fourth-order valence-electron chi connectivity index (χ4n) is 7.40. The molecule has 1 amide bonds. The minimum atomic E-state index is -1.16. The Balaban J connectivity index is 1.39. The Bertz CT molecular complexity index is 1600. The number of carboxylic acid groups (broad SMARTS) is 1. The Morgan fingerprint density at radius 3 is 2.71 bits per heavy atom. The van der Waals surface area contributed by atoms with E-state index < -0.39 is 23.2 Å². The molecule has 0 radical (unpaired) electrons. The van der Waals surface area contributed by atoms with Crippen LogP contribution in [0.1, 0.15) is 58.3 Å². The molecule has 4 aliphatic rings. The fourth-order valence-corrected chi connectivity index (χ4v) is 7.75. The number of fused-ring (bicyclic) bond motifs is 3. The van der Waals surface area contributed by atoms with Crippen LogP contribution in [0.5, 0.6) is 5.75 Å². The molecule has 7 rings (SSSR count). The van der Waals surface area contributed by atoms with Crippen LogP contribution in [-0.4, -0.2) is 47.6 Å². The number of aromatic carboxylic acids is 1. The highest BCUT2D eigenvalue weighted by atomic mass is 35.5. The van der Waals surface area contributed by atoms with Gasteiger partial charge in [0.25, 0.3) is 0 Å². The van der Waals surface area contributed by atoms with Gasteiger partial charge in [-0.05, 0) is 66.6 Å². The summed E-state index contributed by atoms with van der Waals surface area (Å²) < 4.78 is 21.3. The van der Waals surface area contributed by atoms with Gasteiger partial charge in [-0.2, -0.15) is 0 Å². The van der Waals surface area contributed by atoms with Crippen molar-refractivity contribution in [2.24, 2.45) is 5.92 Å². The van der Waals surface area contributed by atoms with Crippen LogP contribution in [0.2, 0.25) is 10.0 Å². The maximum Gasteiger partial charge on any atom is 0.339 e. The second-order valence-electron chi connectivity index (χ2n) is 11.4. The smallest absolute Gasteiger partial charge is 0.339 e. The number of carbonyl (C=O) groups excluding carboxylic acids is 1. The van der Waals surface area contributed by atoms with Crippen molar-refractivity contribution in [1.29, 1.82) is 0 Å². The van der Waals surface area contributed by atoms with Gasteiger partial charge in [0, 0.05) is 46.9 Å². The van der Waals surface area contributed by atoms with Gasteiger partial charge in [0.05, 0.1) is 12.1 Å². The highest BCUT2D eigenvalue weighted by Crippen LogP contribution is 2.61. The van der Waals surface area contributed by atoms with E-state index in [1.165, 1.54) is 13.2 Å². The standard InChI is InChI=1S/C31H28Cl2FN3O4/c1-41-25-11-16(7-9-18(25)29(38)39)22-13-24-28(35-22)26(19-3-2-4-21(33)27(19)34)31(37(24)14-15-5-6-15)20-10-8-17(32)12-23(20)36-30(31)40/h2-4,7-12,15,22,24,26,28,35H,5-6,13-14H2,1H3,(H,36,40)(H,38,39). The maximum absolute atomic E-state index is 16.0. The van der Waals surface area contributed by atoms with Gasteiger partial charge < -0.3 is 20.5 Å². The summed E-state index contributed by atoms with van der Waals surface area (Å²) in [4.78, 5) is 28.3. The van der Waals surface area contributed by atoms with Crippen molar-refractivity contribution in [1.82, 2.24) is 10.2 Å². The Labute approximate surface area is 246 Å². The van der Waals surface area contributed by atoms with E-state index in [0.717, 1.165) is 24.0 Å². The lowest BCUT2D eigenvalue weighted by Crippen LogP contribution is -2.53. The predicted octanol–water partition coefficient (Wildman–Crippen LogP) is 5.97. The van der Waals surface area contributed by atoms with Crippen molar-refractivity contribution in [3.8, 4) is 5.75 Å². The van der Waals surface area contributed by atoms with Crippen LogP contribution in [0.15, 0.2) is 54.6 Å². The van der Waals surface area contributed by atoms with E-state index in [1.807, 2.05) is 6.07 Å². The Hall–Kier alpha value is -3.17. The minimum absolute atomic E-state index is 0.00752. The average molecular weight is 596 g/mol. The average Bonchev–Trinajstić information content (AvgIpc) is 3.52. The summed E-state index contributed by atoms with van der Waals surface area (Å²) in [5.41, 5.74) is 1.61. The van der Waals surface area contributed by atoms with E-state index in [0.29, 0.717) is 35.2 Å². The number of carbonyl (C=O) groups is 2. The lowest BCUT2D eigenvalue weighted by Gasteiger charge is -2.41. The van der Waals surface area contributed by atoms with Gasteiger partial charge in [0.1, 0.15) is 22.7 Å². The largest absolute Gasteiger partial charge is 0.496 e. The number of halogens is 3. The topological polar surface area (TPSA) is 90.9 Å². The molecule has 0 aromatic heterocycles. The van der Waals surface area contributed by atoms with E-state index in [1.54, 1.807) is 42.5 Å². The van der Waals surface area contributed by atoms with Crippen molar-refractivity contribution in [2.75, 3.05) is 19.0 Å². The normalized spacial score (nSPS) is 28.5. The number of rotatable bonds is 6. The molecule has 3 aromatic rings. The molecule has 2 saturated heterocycles. The van der Waals surface area contributed by atoms with Gasteiger partial charge in [0.15, 0.2) is 0 Å². The van der Waals surface area contributed by atoms with Crippen LogP contribution in [0.3, 0.4) is 0 Å². The molecule has 7 nitrogen and oxygen atoms in total. The number of methoxy groups -OCH3 is 1. The van der Waals surface area contributed by atoms with Gasteiger partial charge in [0.2, 0.25) is 5.91 Å². The summed E-state index contributed by atoms with van der Waals surface area (Å²) in [5.74, 6) is -1.66. The Kier molecular flexibility index (Phi) is 6.32. The molecular weight excluding hydrogens is 568 g/mol. The fraction of sp³-hybridized carbons (Fsp3) is 0.355. The van der Waals surface area contributed by atoms with E-state index in [9.17, 15) is 14.7 Å². The van der Waals surface area contributed by atoms with Crippen LogP contribution in [0.25, 0.3) is 0 Å². The first kappa shape index (κ1) is 26.7. The number of likely N-dealkylation sites (tertiary alicyclic amines) is 1. The van der Waals surface area contributed by atoms with Gasteiger partial charge in [-0.3, -0.25) is 9.69 Å². The van der Waals surface area contributed by atoms with Crippen molar-refractivity contribution < 1.29 is 23.8 Å². The number of ether oxygens (including phenoxy) is 1. The first-order chi connectivity index (χ1) is 19.7. The number of anilines is 1. The molecule has 3 N–H and O–H groups in total. The van der Waals surface area contributed by atoms with Crippen LogP contribution < -0.4 is 15.4 Å². The van der Waals surface area contributed by atoms with E-state index in [2.05, 4.69) is 15.5 Å². The highest BCUT2D eigenvalue weighted by Gasteiger charge is 2.69. The first-order valence-corrected chi connectivity index (χ1v) is 14.5. The lowest BCUT2D eigenvalue weighted by atomic mass is 9.73. The number of hydrogen-bond acceptors (Lipinski definition) is 5. The summed E-state index contributed by atoms with van der Waals surface area (Å²) >= 11 is 12.7. The molecule has 1 saturated carbocycles. The molecule has 1 spiro atoms. The number of nitrogens with zero attached hydrogens (tertiary/aromatic N) is 1. The third-order valence-electron chi connectivity index (χ3n) is 9.26. The molecule has 1 aliphatic carbocycles. The van der Waals surface area contributed by atoms with E-state index in [-0.39, 0.29) is 40.4 Å². The van der Waals surface area contributed by atoms with E-state index >= 15 is 4.39 Å². The Morgan fingerprint density at radius 2 is 1.98 bits per heavy atom. The molecule has 3 fully saturated rings. The molecular formula is C31H28Cl2FN3O4. The summed E-state index contributed by atoms with van der Waals surface area (Å²) in [6.07, 6.45) is 2.81. The van der Waals surface area contributed by atoms with Crippen molar-refractivity contribution in [3.05, 3.63) is 92.7 Å². The van der Waals surface area contributed by atoms with Crippen LogP contribution in [-0.2, 0) is 10.3 Å². The highest BCUT2D eigenvalue weighted by molar-refractivity contribution is 6.31. The van der Waals surface area contributed by atoms with Crippen LogP contribution in [0.4, 0.5) is 10.1 Å². The van der Waals surface area contributed by atoms with Crippen molar-refractivity contribution >= 4 is 40.8 Å². The molecule has 10 heteroatoms. The second-order valence-corrected chi connectivity index (χ2v) is 12.3. The zero-order chi connectivity index (χ0) is 28.6. The summed E-state index contributed by atoms with van der Waals surface area (Å²) in [6, 6.07) is 14.9. The molecule has 3 heterocycles. The van der Waals surface area contributed by atoms with Gasteiger partial charge in [-0.1, -0.05) is 47.5 Å². The number of nitrogens with one attached hydrogen (secondary N) is 2. The monoisotopic (exact) mass is 595 g/mol. The van der Waals surface area contributed by atoms with Crippen LogP contribution >= 0.6 is 23.2 Å². The van der Waals surface area contributed by atoms with Gasteiger partial charge >= 0.3 is 5.97 Å². The number of amides is 1. The summed E-state index contributed by atoms with van der Waals surface area (Å²) in [7, 11) is 1.45. The van der Waals surface area contributed by atoms with Gasteiger partial charge in [-0.15, -0.1) is 0 Å². The van der Waals surface area contributed by atoms with Crippen molar-refractivity contribution in [3.63, 3.8) is 0 Å². The third-order valence-corrected chi connectivity index (χ3v) is 9.79. The van der Waals surface area contributed by atoms with E-state index in [4.69, 9.17) is 27.9 Å². The zero-order valence-corrected chi connectivity index (χ0v) is 23.7. The Morgan fingerprint density at radius 1 is 1.17 bits per heavy atom. The van der Waals surface area contributed by atoms with Crippen molar-refractivity contribution in [2.45, 2.75) is 48.8 Å². The molecule has 3 aromatic carbocycles. The molecule has 5 atom stereocenters. The molecule has 41 heavy (non-hydrogen) atoms. The predicted molar refractivity (Wildman–Crippen MR) is 153 cm³/mol. The van der Waals surface area contributed by atoms with Crippen LogP contribution in [0, 0.1) is 11.7 Å². The molecule has 0 bridgehead atoms.